The summed E-state index contributed by atoms with van der Waals surface area (Å²) in [6, 6.07) is 9.75. The van der Waals surface area contributed by atoms with Gasteiger partial charge in [0.25, 0.3) is 0 Å². The number of thioether (sulfide) groups is 1. The number of aromatic nitrogens is 2. The number of nitrogens with one attached hydrogen (secondary N) is 2. The molecule has 2 aromatic rings. The minimum absolute atomic E-state index is 0.00177. The van der Waals surface area contributed by atoms with Crippen molar-refractivity contribution in [2.75, 3.05) is 19.4 Å². The average molecular weight is 332 g/mol. The zero-order valence-corrected chi connectivity index (χ0v) is 13.9. The molecule has 0 radical (unpaired) electrons. The average Bonchev–Trinajstić information content (AvgIpc) is 3.01. The predicted octanol–water partition coefficient (Wildman–Crippen LogP) is 1.40. The second kappa shape index (κ2) is 7.52. The summed E-state index contributed by atoms with van der Waals surface area (Å²) < 4.78 is 7.18. The van der Waals surface area contributed by atoms with E-state index in [2.05, 4.69) is 15.7 Å². The first-order valence-electron chi connectivity index (χ1n) is 7.54. The monoisotopic (exact) mass is 332 g/mol. The van der Waals surface area contributed by atoms with Gasteiger partial charge in [-0.2, -0.15) is 5.10 Å². The van der Waals surface area contributed by atoms with Gasteiger partial charge in [0.05, 0.1) is 37.3 Å². The van der Waals surface area contributed by atoms with Crippen LogP contribution in [0.4, 0.5) is 0 Å². The highest BCUT2D eigenvalue weighted by Gasteiger charge is 2.12. The third-order valence-electron chi connectivity index (χ3n) is 3.60. The van der Waals surface area contributed by atoms with E-state index in [1.54, 1.807) is 7.11 Å². The molecule has 0 spiro atoms. The number of ether oxygens (including phenoxy) is 1. The Morgan fingerprint density at radius 3 is 3.22 bits per heavy atom. The molecule has 3 rings (SSSR count). The fraction of sp³-hybridized carbons (Fsp3) is 0.375. The maximum Gasteiger partial charge on any atom is 0.230 e. The standard InChI is InChI=1S/C16H20N4O2S/c1-22-14-3-2-4-15(8-14)23-11-16(21)18-9-12-7-13-10-17-5-6-20(13)19-12/h2-4,7-8,17H,5-6,9-11H2,1H3,(H,18,21). The van der Waals surface area contributed by atoms with Crippen LogP contribution in [0.25, 0.3) is 0 Å². The molecule has 1 aromatic heterocycles. The molecule has 0 fully saturated rings. The Morgan fingerprint density at radius 2 is 2.39 bits per heavy atom. The number of hydrogen-bond acceptors (Lipinski definition) is 5. The van der Waals surface area contributed by atoms with Crippen LogP contribution in [-0.4, -0.2) is 35.1 Å². The van der Waals surface area contributed by atoms with Crippen molar-refractivity contribution < 1.29 is 9.53 Å². The number of carbonyl (C=O) groups is 1. The SMILES string of the molecule is COc1cccc(SCC(=O)NCc2cc3n(n2)CCNC3)c1. The Bertz CT molecular complexity index is 663. The summed E-state index contributed by atoms with van der Waals surface area (Å²) >= 11 is 1.49. The van der Waals surface area contributed by atoms with Crippen LogP contribution < -0.4 is 15.4 Å². The highest BCUT2D eigenvalue weighted by atomic mass is 32.2. The van der Waals surface area contributed by atoms with Crippen LogP contribution in [0.3, 0.4) is 0 Å². The Labute approximate surface area is 139 Å². The van der Waals surface area contributed by atoms with Crippen molar-refractivity contribution in [2.24, 2.45) is 0 Å². The van der Waals surface area contributed by atoms with Crippen molar-refractivity contribution in [3.05, 3.63) is 41.7 Å². The summed E-state index contributed by atoms with van der Waals surface area (Å²) in [5.41, 5.74) is 2.08. The summed E-state index contributed by atoms with van der Waals surface area (Å²) in [5.74, 6) is 1.18. The van der Waals surface area contributed by atoms with E-state index >= 15 is 0 Å². The zero-order valence-electron chi connectivity index (χ0n) is 13.0. The summed E-state index contributed by atoms with van der Waals surface area (Å²) in [5, 5.41) is 10.7. The van der Waals surface area contributed by atoms with Crippen LogP contribution in [0.1, 0.15) is 11.4 Å². The molecule has 0 unspecified atom stereocenters. The van der Waals surface area contributed by atoms with E-state index < -0.39 is 0 Å². The molecule has 0 saturated heterocycles. The Morgan fingerprint density at radius 1 is 1.48 bits per heavy atom. The van der Waals surface area contributed by atoms with Crippen LogP contribution in [0, 0.1) is 0 Å². The first-order chi connectivity index (χ1) is 11.2. The molecule has 1 amide bonds. The van der Waals surface area contributed by atoms with E-state index in [1.807, 2.05) is 35.0 Å². The Balaban J connectivity index is 1.46. The number of fused-ring (bicyclic) bond motifs is 1. The third kappa shape index (κ3) is 4.27. The molecule has 0 atom stereocenters. The van der Waals surface area contributed by atoms with E-state index in [0.29, 0.717) is 12.3 Å². The molecule has 1 aliphatic rings. The van der Waals surface area contributed by atoms with E-state index in [0.717, 1.165) is 36.0 Å². The number of rotatable bonds is 6. The minimum Gasteiger partial charge on any atom is -0.497 e. The van der Waals surface area contributed by atoms with Gasteiger partial charge in [0, 0.05) is 18.0 Å². The highest BCUT2D eigenvalue weighted by molar-refractivity contribution is 8.00. The smallest absolute Gasteiger partial charge is 0.230 e. The fourth-order valence-electron chi connectivity index (χ4n) is 2.42. The molecule has 1 aromatic carbocycles. The van der Waals surface area contributed by atoms with Crippen LogP contribution in [0.2, 0.25) is 0 Å². The molecular formula is C16H20N4O2S. The number of carbonyl (C=O) groups excluding carboxylic acids is 1. The molecule has 0 aliphatic carbocycles. The Hall–Kier alpha value is -1.99. The lowest BCUT2D eigenvalue weighted by atomic mass is 10.3. The van der Waals surface area contributed by atoms with Gasteiger partial charge in [-0.05, 0) is 24.3 Å². The van der Waals surface area contributed by atoms with E-state index in [9.17, 15) is 4.79 Å². The molecule has 122 valence electrons. The number of amides is 1. The fourth-order valence-corrected chi connectivity index (χ4v) is 3.19. The summed E-state index contributed by atoms with van der Waals surface area (Å²) in [6.07, 6.45) is 0. The lowest BCUT2D eigenvalue weighted by molar-refractivity contribution is -0.118. The van der Waals surface area contributed by atoms with E-state index in [-0.39, 0.29) is 5.91 Å². The first-order valence-corrected chi connectivity index (χ1v) is 8.53. The maximum atomic E-state index is 12.0. The third-order valence-corrected chi connectivity index (χ3v) is 4.59. The van der Waals surface area contributed by atoms with Crippen LogP contribution in [0.5, 0.6) is 5.75 Å². The van der Waals surface area contributed by atoms with Gasteiger partial charge in [-0.1, -0.05) is 6.07 Å². The normalized spacial score (nSPS) is 13.4. The highest BCUT2D eigenvalue weighted by Crippen LogP contribution is 2.22. The molecule has 6 nitrogen and oxygen atoms in total. The van der Waals surface area contributed by atoms with Crippen molar-refractivity contribution in [1.29, 1.82) is 0 Å². The van der Waals surface area contributed by atoms with Crippen LogP contribution >= 0.6 is 11.8 Å². The zero-order chi connectivity index (χ0) is 16.1. The Kier molecular flexibility index (Phi) is 5.19. The van der Waals surface area contributed by atoms with Crippen LogP contribution in [-0.2, 0) is 24.4 Å². The van der Waals surface area contributed by atoms with Gasteiger partial charge >= 0.3 is 0 Å². The molecular weight excluding hydrogens is 312 g/mol. The van der Waals surface area contributed by atoms with Crippen LogP contribution in [0.15, 0.2) is 35.2 Å². The molecule has 2 heterocycles. The molecule has 0 saturated carbocycles. The molecule has 7 heteroatoms. The van der Waals surface area contributed by atoms with Gasteiger partial charge in [0.15, 0.2) is 0 Å². The quantitative estimate of drug-likeness (QED) is 0.783. The largest absolute Gasteiger partial charge is 0.497 e. The van der Waals surface area contributed by atoms with E-state index in [1.165, 1.54) is 17.5 Å². The van der Waals surface area contributed by atoms with E-state index in [4.69, 9.17) is 4.74 Å². The van der Waals surface area contributed by atoms with Crippen molar-refractivity contribution in [2.45, 2.75) is 24.5 Å². The van der Waals surface area contributed by atoms with Crippen molar-refractivity contribution in [3.8, 4) is 5.75 Å². The lowest BCUT2D eigenvalue weighted by Crippen LogP contribution is -2.28. The maximum absolute atomic E-state index is 12.0. The summed E-state index contributed by atoms with van der Waals surface area (Å²) in [7, 11) is 1.64. The number of hydrogen-bond donors (Lipinski definition) is 2. The second-order valence-corrected chi connectivity index (χ2v) is 6.32. The topological polar surface area (TPSA) is 68.2 Å². The van der Waals surface area contributed by atoms with Crippen molar-refractivity contribution >= 4 is 17.7 Å². The molecule has 0 bridgehead atoms. The van der Waals surface area contributed by atoms with Gasteiger partial charge in [0.1, 0.15) is 5.75 Å². The molecule has 23 heavy (non-hydrogen) atoms. The van der Waals surface area contributed by atoms with Gasteiger partial charge in [-0.3, -0.25) is 9.48 Å². The second-order valence-electron chi connectivity index (χ2n) is 5.27. The molecule has 1 aliphatic heterocycles. The minimum atomic E-state index is 0.00177. The number of methoxy groups -OCH3 is 1. The first kappa shape index (κ1) is 15.9. The van der Waals surface area contributed by atoms with Gasteiger partial charge in [-0.15, -0.1) is 11.8 Å². The number of benzene rings is 1. The van der Waals surface area contributed by atoms with Crippen molar-refractivity contribution in [1.82, 2.24) is 20.4 Å². The lowest BCUT2D eigenvalue weighted by Gasteiger charge is -2.13. The predicted molar refractivity (Wildman–Crippen MR) is 89.5 cm³/mol. The number of nitrogens with zero attached hydrogens (tertiary/aromatic N) is 2. The van der Waals surface area contributed by atoms with Gasteiger partial charge < -0.3 is 15.4 Å². The van der Waals surface area contributed by atoms with Crippen molar-refractivity contribution in [3.63, 3.8) is 0 Å². The molecule has 2 N–H and O–H groups in total. The van der Waals surface area contributed by atoms with Gasteiger partial charge in [0.2, 0.25) is 5.91 Å². The summed E-state index contributed by atoms with van der Waals surface area (Å²) in [6.45, 7) is 3.14. The van der Waals surface area contributed by atoms with Gasteiger partial charge in [-0.25, -0.2) is 0 Å². The summed E-state index contributed by atoms with van der Waals surface area (Å²) in [4.78, 5) is 13.0.